The van der Waals surface area contributed by atoms with E-state index in [9.17, 15) is 13.2 Å². The van der Waals surface area contributed by atoms with E-state index in [2.05, 4.69) is 19.9 Å². The molecular formula is C19H16N4O4S2. The lowest BCUT2D eigenvalue weighted by molar-refractivity contribution is 0.1000. The van der Waals surface area contributed by atoms with Crippen molar-refractivity contribution in [1.82, 2.24) is 19.9 Å². The Morgan fingerprint density at radius 1 is 1.10 bits per heavy atom. The smallest absolute Gasteiger partial charge is 0.291 e. The Kier molecular flexibility index (Phi) is 4.99. The van der Waals surface area contributed by atoms with Gasteiger partial charge in [0.2, 0.25) is 15.9 Å². The van der Waals surface area contributed by atoms with Crippen LogP contribution >= 0.6 is 11.3 Å². The molecule has 29 heavy (non-hydrogen) atoms. The highest BCUT2D eigenvalue weighted by Gasteiger charge is 2.24. The molecule has 10 heteroatoms. The second-order valence-corrected chi connectivity index (χ2v) is 9.26. The molecule has 0 radical (unpaired) electrons. The highest BCUT2D eigenvalue weighted by atomic mass is 32.2. The number of hydrogen-bond donors (Lipinski definition) is 1. The van der Waals surface area contributed by atoms with Gasteiger partial charge in [-0.3, -0.25) is 4.79 Å². The summed E-state index contributed by atoms with van der Waals surface area (Å²) in [6.45, 7) is 1.55. The maximum atomic E-state index is 12.7. The van der Waals surface area contributed by atoms with Gasteiger partial charge in [0.1, 0.15) is 0 Å². The van der Waals surface area contributed by atoms with E-state index in [0.29, 0.717) is 5.52 Å². The standard InChI is InChI=1S/C19H16N4O4S2/c1-11(23-29(2,25)26)17-21-22-18(27-17)16(24)19-20-14-9-8-13(10-15(14)28-19)12-6-4-3-5-7-12/h3-11,23H,1-2H3/t11-/m1/s1. The van der Waals surface area contributed by atoms with E-state index < -0.39 is 21.8 Å². The predicted octanol–water partition coefficient (Wildman–Crippen LogP) is 3.19. The van der Waals surface area contributed by atoms with Crippen LogP contribution in [0.2, 0.25) is 0 Å². The van der Waals surface area contributed by atoms with Crippen molar-refractivity contribution in [2.24, 2.45) is 0 Å². The largest absolute Gasteiger partial charge is 0.416 e. The molecule has 1 atom stereocenters. The zero-order chi connectivity index (χ0) is 20.6. The number of thiazole rings is 1. The zero-order valence-corrected chi connectivity index (χ0v) is 17.1. The predicted molar refractivity (Wildman–Crippen MR) is 109 cm³/mol. The van der Waals surface area contributed by atoms with Gasteiger partial charge in [0.15, 0.2) is 5.01 Å². The Morgan fingerprint density at radius 3 is 2.59 bits per heavy atom. The van der Waals surface area contributed by atoms with Gasteiger partial charge in [-0.25, -0.2) is 18.1 Å². The molecule has 0 fully saturated rings. The topological polar surface area (TPSA) is 115 Å². The van der Waals surface area contributed by atoms with Crippen LogP contribution < -0.4 is 4.72 Å². The number of fused-ring (bicyclic) bond motifs is 1. The van der Waals surface area contributed by atoms with Gasteiger partial charge in [-0.1, -0.05) is 36.4 Å². The first kappa shape index (κ1) is 19.4. The fourth-order valence-electron chi connectivity index (χ4n) is 2.80. The van der Waals surface area contributed by atoms with Crippen molar-refractivity contribution < 1.29 is 17.6 Å². The van der Waals surface area contributed by atoms with Crippen LogP contribution in [0.15, 0.2) is 52.9 Å². The molecule has 0 aliphatic rings. The highest BCUT2D eigenvalue weighted by molar-refractivity contribution is 7.88. The number of nitrogens with one attached hydrogen (secondary N) is 1. The molecule has 4 rings (SSSR count). The summed E-state index contributed by atoms with van der Waals surface area (Å²) < 4.78 is 31.2. The van der Waals surface area contributed by atoms with E-state index in [1.54, 1.807) is 6.92 Å². The van der Waals surface area contributed by atoms with E-state index >= 15 is 0 Å². The lowest BCUT2D eigenvalue weighted by atomic mass is 10.1. The molecular weight excluding hydrogens is 412 g/mol. The molecule has 0 aliphatic heterocycles. The van der Waals surface area contributed by atoms with Gasteiger partial charge in [-0.2, -0.15) is 0 Å². The van der Waals surface area contributed by atoms with Crippen LogP contribution in [0, 0.1) is 0 Å². The summed E-state index contributed by atoms with van der Waals surface area (Å²) in [6.07, 6.45) is 1.02. The van der Waals surface area contributed by atoms with Gasteiger partial charge in [0.05, 0.1) is 22.5 Å². The van der Waals surface area contributed by atoms with Crippen LogP contribution in [0.25, 0.3) is 21.3 Å². The molecule has 1 N–H and O–H groups in total. The van der Waals surface area contributed by atoms with Crippen molar-refractivity contribution in [2.75, 3.05) is 6.26 Å². The van der Waals surface area contributed by atoms with Gasteiger partial charge in [-0.05, 0) is 30.2 Å². The molecule has 0 aliphatic carbocycles. The number of benzene rings is 2. The average Bonchev–Trinajstić information content (AvgIpc) is 3.33. The molecule has 4 aromatic rings. The molecule has 0 saturated heterocycles. The second kappa shape index (κ2) is 7.47. The average molecular weight is 428 g/mol. The molecule has 8 nitrogen and oxygen atoms in total. The van der Waals surface area contributed by atoms with Gasteiger partial charge < -0.3 is 4.42 Å². The first-order valence-electron chi connectivity index (χ1n) is 8.61. The van der Waals surface area contributed by atoms with Gasteiger partial charge >= 0.3 is 0 Å². The van der Waals surface area contributed by atoms with Gasteiger partial charge in [-0.15, -0.1) is 21.5 Å². The molecule has 2 aromatic carbocycles. The minimum atomic E-state index is -3.45. The summed E-state index contributed by atoms with van der Waals surface area (Å²) >= 11 is 1.24. The third-order valence-corrected chi connectivity index (χ3v) is 5.88. The van der Waals surface area contributed by atoms with Crippen LogP contribution in [-0.2, 0) is 10.0 Å². The zero-order valence-electron chi connectivity index (χ0n) is 15.5. The Bertz CT molecular complexity index is 1300. The van der Waals surface area contributed by atoms with Crippen molar-refractivity contribution in [1.29, 1.82) is 0 Å². The maximum Gasteiger partial charge on any atom is 0.291 e. The molecule has 0 saturated carbocycles. The van der Waals surface area contributed by atoms with E-state index in [0.717, 1.165) is 22.1 Å². The van der Waals surface area contributed by atoms with Gasteiger partial charge in [0, 0.05) is 0 Å². The van der Waals surface area contributed by atoms with Crippen molar-refractivity contribution in [2.45, 2.75) is 13.0 Å². The molecule has 148 valence electrons. The van der Waals surface area contributed by atoms with Gasteiger partial charge in [0.25, 0.3) is 11.7 Å². The Labute approximate surface area is 170 Å². The van der Waals surface area contributed by atoms with E-state index in [1.165, 1.54) is 11.3 Å². The summed E-state index contributed by atoms with van der Waals surface area (Å²) in [4.78, 5) is 17.1. The quantitative estimate of drug-likeness (QED) is 0.469. The number of sulfonamides is 1. The first-order valence-corrected chi connectivity index (χ1v) is 11.3. The van der Waals surface area contributed by atoms with Crippen molar-refractivity contribution in [3.05, 3.63) is 65.3 Å². The van der Waals surface area contributed by atoms with Crippen LogP contribution in [0.1, 0.15) is 34.5 Å². The van der Waals surface area contributed by atoms with Crippen LogP contribution in [0.3, 0.4) is 0 Å². The summed E-state index contributed by atoms with van der Waals surface area (Å²) in [5.41, 5.74) is 2.80. The normalized spacial score (nSPS) is 12.9. The lowest BCUT2D eigenvalue weighted by Crippen LogP contribution is -2.25. The Morgan fingerprint density at radius 2 is 1.86 bits per heavy atom. The number of nitrogens with zero attached hydrogens (tertiary/aromatic N) is 3. The Hall–Kier alpha value is -2.95. The molecule has 0 amide bonds. The third-order valence-electron chi connectivity index (χ3n) is 4.09. The Balaban J connectivity index is 1.61. The third kappa shape index (κ3) is 4.24. The fourth-order valence-corrected chi connectivity index (χ4v) is 4.48. The van der Waals surface area contributed by atoms with Crippen molar-refractivity contribution in [3.63, 3.8) is 0 Å². The van der Waals surface area contributed by atoms with Crippen LogP contribution in [0.5, 0.6) is 0 Å². The highest BCUT2D eigenvalue weighted by Crippen LogP contribution is 2.29. The number of hydrogen-bond acceptors (Lipinski definition) is 8. The monoisotopic (exact) mass is 428 g/mol. The molecule has 0 unspecified atom stereocenters. The van der Waals surface area contributed by atoms with E-state index in [1.807, 2.05) is 48.5 Å². The van der Waals surface area contributed by atoms with E-state index in [-0.39, 0.29) is 16.8 Å². The molecule has 0 bridgehead atoms. The molecule has 0 spiro atoms. The summed E-state index contributed by atoms with van der Waals surface area (Å²) in [5, 5.41) is 7.74. The number of carbonyl (C=O) groups excluding carboxylic acids is 1. The lowest BCUT2D eigenvalue weighted by Gasteiger charge is -2.06. The fraction of sp³-hybridized carbons (Fsp3) is 0.158. The summed E-state index contributed by atoms with van der Waals surface area (Å²) in [7, 11) is -3.45. The number of ketones is 1. The first-order chi connectivity index (χ1) is 13.8. The minimum Gasteiger partial charge on any atom is -0.416 e. The number of rotatable bonds is 6. The molecule has 2 aromatic heterocycles. The van der Waals surface area contributed by atoms with Crippen molar-refractivity contribution in [3.8, 4) is 11.1 Å². The van der Waals surface area contributed by atoms with Crippen LogP contribution in [-0.4, -0.2) is 35.6 Å². The molecule has 2 heterocycles. The maximum absolute atomic E-state index is 12.7. The number of carbonyl (C=O) groups is 1. The van der Waals surface area contributed by atoms with E-state index in [4.69, 9.17) is 4.42 Å². The SMILES string of the molecule is C[C@@H](NS(C)(=O)=O)c1nnc(C(=O)c2nc3ccc(-c4ccccc4)cc3s2)o1. The summed E-state index contributed by atoms with van der Waals surface area (Å²) in [5.74, 6) is -0.728. The second-order valence-electron chi connectivity index (χ2n) is 6.45. The summed E-state index contributed by atoms with van der Waals surface area (Å²) in [6, 6.07) is 15.0. The minimum absolute atomic E-state index is 0.00579. The number of aromatic nitrogens is 3. The van der Waals surface area contributed by atoms with Crippen LogP contribution in [0.4, 0.5) is 0 Å². The van der Waals surface area contributed by atoms with Crippen molar-refractivity contribution >= 4 is 37.4 Å².